The van der Waals surface area contributed by atoms with Crippen molar-refractivity contribution in [2.24, 2.45) is 0 Å². The molecule has 0 aromatic carbocycles. The van der Waals surface area contributed by atoms with Gasteiger partial charge in [0.1, 0.15) is 0 Å². The van der Waals surface area contributed by atoms with Gasteiger partial charge >= 0.3 is 0 Å². The quantitative estimate of drug-likeness (QED) is 0.869. The average Bonchev–Trinajstić information content (AvgIpc) is 3.06. The second kappa shape index (κ2) is 5.45. The fourth-order valence-electron chi connectivity index (χ4n) is 2.37. The Morgan fingerprint density at radius 3 is 3.19 bits per heavy atom. The van der Waals surface area contributed by atoms with E-state index >= 15 is 0 Å². The van der Waals surface area contributed by atoms with Gasteiger partial charge in [-0.15, -0.1) is 11.3 Å². The molecule has 1 saturated heterocycles. The molecular formula is C13H15N3O4S. The minimum absolute atomic E-state index is 0.0292. The van der Waals surface area contributed by atoms with E-state index in [1.807, 2.05) is 0 Å². The summed E-state index contributed by atoms with van der Waals surface area (Å²) in [5.41, 5.74) is -0.200. The molecule has 2 N–H and O–H groups in total. The number of carbonyl (C=O) groups excluding carboxylic acids is 1. The fraction of sp³-hybridized carbons (Fsp3) is 0.462. The van der Waals surface area contributed by atoms with Crippen molar-refractivity contribution in [1.82, 2.24) is 14.7 Å². The predicted molar refractivity (Wildman–Crippen MR) is 77.0 cm³/mol. The van der Waals surface area contributed by atoms with Gasteiger partial charge in [0.25, 0.3) is 11.5 Å². The van der Waals surface area contributed by atoms with E-state index in [0.29, 0.717) is 23.8 Å². The van der Waals surface area contributed by atoms with Crippen LogP contribution < -0.4 is 10.9 Å². The summed E-state index contributed by atoms with van der Waals surface area (Å²) >= 11 is 1.24. The van der Waals surface area contributed by atoms with Gasteiger partial charge < -0.3 is 15.2 Å². The highest BCUT2D eigenvalue weighted by Crippen LogP contribution is 2.17. The number of thiazole rings is 1. The lowest BCUT2D eigenvalue weighted by molar-refractivity contribution is 0.0853. The number of fused-ring (bicyclic) bond motifs is 1. The molecule has 2 aromatic rings. The third-order valence-corrected chi connectivity index (χ3v) is 4.41. The molecule has 0 aliphatic carbocycles. The Hall–Kier alpha value is -1.93. The number of ether oxygens (including phenoxy) is 1. The second-order valence-corrected chi connectivity index (χ2v) is 5.79. The number of aryl methyl sites for hydroxylation is 1. The lowest BCUT2D eigenvalue weighted by atomic mass is 10.2. The van der Waals surface area contributed by atoms with E-state index in [1.54, 1.807) is 12.3 Å². The van der Waals surface area contributed by atoms with Gasteiger partial charge in [-0.1, -0.05) is 0 Å². The number of hydrogen-bond donors (Lipinski definition) is 2. The number of aromatic hydroxyl groups is 1. The molecule has 1 aliphatic heterocycles. The standard InChI is InChI=1S/C13H15N3O4S/c1-7-6-21-13-15-11(18)9(12(19)16(7)13)10(17)14-5-8-3-2-4-20-8/h6,8,18H,2-5H2,1H3,(H,14,17). The van der Waals surface area contributed by atoms with Crippen LogP contribution in [0.3, 0.4) is 0 Å². The Bertz CT molecular complexity index is 746. The number of nitrogens with zero attached hydrogens (tertiary/aromatic N) is 2. The molecule has 0 saturated carbocycles. The summed E-state index contributed by atoms with van der Waals surface area (Å²) in [7, 11) is 0. The molecule has 0 radical (unpaired) electrons. The van der Waals surface area contributed by atoms with Gasteiger partial charge in [-0.05, 0) is 19.8 Å². The van der Waals surface area contributed by atoms with Gasteiger partial charge in [-0.3, -0.25) is 14.0 Å². The van der Waals surface area contributed by atoms with E-state index in [0.717, 1.165) is 12.8 Å². The molecule has 21 heavy (non-hydrogen) atoms. The largest absolute Gasteiger partial charge is 0.492 e. The van der Waals surface area contributed by atoms with Gasteiger partial charge in [-0.25, -0.2) is 0 Å². The first-order valence-corrected chi connectivity index (χ1v) is 7.55. The predicted octanol–water partition coefficient (Wildman–Crippen LogP) is 0.679. The molecule has 1 amide bonds. The zero-order valence-electron chi connectivity index (χ0n) is 11.5. The minimum atomic E-state index is -0.625. The van der Waals surface area contributed by atoms with Crippen LogP contribution in [0.1, 0.15) is 28.9 Å². The summed E-state index contributed by atoms with van der Waals surface area (Å²) in [4.78, 5) is 28.8. The van der Waals surface area contributed by atoms with E-state index in [2.05, 4.69) is 10.3 Å². The molecule has 7 nitrogen and oxygen atoms in total. The van der Waals surface area contributed by atoms with Gasteiger partial charge in [0.2, 0.25) is 5.88 Å². The van der Waals surface area contributed by atoms with Gasteiger partial charge in [-0.2, -0.15) is 4.98 Å². The van der Waals surface area contributed by atoms with Gasteiger partial charge in [0.15, 0.2) is 10.5 Å². The SMILES string of the molecule is Cc1csc2nc(O)c(C(=O)NCC3CCCO3)c(=O)n12. The maximum Gasteiger partial charge on any atom is 0.275 e. The first-order chi connectivity index (χ1) is 10.1. The van der Waals surface area contributed by atoms with Crippen molar-refractivity contribution < 1.29 is 14.6 Å². The third kappa shape index (κ3) is 2.52. The molecule has 0 bridgehead atoms. The Kier molecular flexibility index (Phi) is 3.64. The van der Waals surface area contributed by atoms with Crippen molar-refractivity contribution in [1.29, 1.82) is 0 Å². The summed E-state index contributed by atoms with van der Waals surface area (Å²) in [5, 5.41) is 14.2. The molecule has 3 heterocycles. The Morgan fingerprint density at radius 2 is 2.48 bits per heavy atom. The summed E-state index contributed by atoms with van der Waals surface area (Å²) in [5.74, 6) is -1.16. The molecule has 112 valence electrons. The lowest BCUT2D eigenvalue weighted by Crippen LogP contribution is -2.36. The molecule has 1 unspecified atom stereocenters. The van der Waals surface area contributed by atoms with Crippen LogP contribution in [0.4, 0.5) is 0 Å². The average molecular weight is 309 g/mol. The summed E-state index contributed by atoms with van der Waals surface area (Å²) in [6.45, 7) is 2.76. The first kappa shape index (κ1) is 14.0. The van der Waals surface area contributed by atoms with Crippen LogP contribution in [0.25, 0.3) is 4.96 Å². The topological polar surface area (TPSA) is 92.9 Å². The van der Waals surface area contributed by atoms with Gasteiger partial charge in [0, 0.05) is 24.2 Å². The monoisotopic (exact) mass is 309 g/mol. The van der Waals surface area contributed by atoms with Crippen LogP contribution in [-0.2, 0) is 4.74 Å². The number of nitrogens with one attached hydrogen (secondary N) is 1. The molecule has 8 heteroatoms. The molecule has 1 atom stereocenters. The zero-order valence-corrected chi connectivity index (χ0v) is 12.3. The fourth-order valence-corrected chi connectivity index (χ4v) is 3.22. The van der Waals surface area contributed by atoms with E-state index in [1.165, 1.54) is 15.7 Å². The highest BCUT2D eigenvalue weighted by atomic mass is 32.1. The van der Waals surface area contributed by atoms with Crippen LogP contribution in [0.15, 0.2) is 10.2 Å². The first-order valence-electron chi connectivity index (χ1n) is 6.67. The molecule has 1 fully saturated rings. The summed E-state index contributed by atoms with van der Waals surface area (Å²) in [6, 6.07) is 0. The van der Waals surface area contributed by atoms with Crippen molar-refractivity contribution in [2.75, 3.05) is 13.2 Å². The number of rotatable bonds is 3. The smallest absolute Gasteiger partial charge is 0.275 e. The highest BCUT2D eigenvalue weighted by molar-refractivity contribution is 7.15. The van der Waals surface area contributed by atoms with Crippen molar-refractivity contribution >= 4 is 22.2 Å². The molecule has 1 aliphatic rings. The Balaban J connectivity index is 1.89. The molecule has 0 spiro atoms. The van der Waals surface area contributed by atoms with Crippen molar-refractivity contribution in [3.8, 4) is 5.88 Å². The van der Waals surface area contributed by atoms with Crippen LogP contribution in [0.2, 0.25) is 0 Å². The number of amides is 1. The molecule has 3 rings (SSSR count). The lowest BCUT2D eigenvalue weighted by Gasteiger charge is -2.11. The van der Waals surface area contributed by atoms with E-state index in [4.69, 9.17) is 4.74 Å². The van der Waals surface area contributed by atoms with Crippen molar-refractivity contribution in [3.05, 3.63) is 27.0 Å². The van der Waals surface area contributed by atoms with E-state index in [9.17, 15) is 14.7 Å². The van der Waals surface area contributed by atoms with E-state index < -0.39 is 17.3 Å². The number of carbonyl (C=O) groups is 1. The second-order valence-electron chi connectivity index (χ2n) is 4.96. The maximum atomic E-state index is 12.3. The summed E-state index contributed by atoms with van der Waals surface area (Å²) in [6.07, 6.45) is 1.82. The number of hydrogen-bond acceptors (Lipinski definition) is 6. The Labute approximate surface area is 124 Å². The maximum absolute atomic E-state index is 12.3. The van der Waals surface area contributed by atoms with E-state index in [-0.39, 0.29) is 11.7 Å². The highest BCUT2D eigenvalue weighted by Gasteiger charge is 2.23. The van der Waals surface area contributed by atoms with Crippen LogP contribution in [-0.4, -0.2) is 39.7 Å². The molecule has 2 aromatic heterocycles. The van der Waals surface area contributed by atoms with Crippen molar-refractivity contribution in [3.63, 3.8) is 0 Å². The minimum Gasteiger partial charge on any atom is -0.492 e. The summed E-state index contributed by atoms with van der Waals surface area (Å²) < 4.78 is 6.73. The van der Waals surface area contributed by atoms with Crippen LogP contribution in [0.5, 0.6) is 5.88 Å². The van der Waals surface area contributed by atoms with Crippen LogP contribution >= 0.6 is 11.3 Å². The van der Waals surface area contributed by atoms with Crippen molar-refractivity contribution in [2.45, 2.75) is 25.9 Å². The van der Waals surface area contributed by atoms with Gasteiger partial charge in [0.05, 0.1) is 6.10 Å². The molecular weight excluding hydrogens is 294 g/mol. The number of aromatic nitrogens is 2. The Morgan fingerprint density at radius 1 is 1.67 bits per heavy atom. The third-order valence-electron chi connectivity index (χ3n) is 3.46. The zero-order chi connectivity index (χ0) is 15.0. The van der Waals surface area contributed by atoms with Crippen LogP contribution in [0, 0.1) is 6.92 Å². The normalized spacial score (nSPS) is 18.2.